The summed E-state index contributed by atoms with van der Waals surface area (Å²) in [5.74, 6) is -3.81. The van der Waals surface area contributed by atoms with E-state index < -0.39 is 53.8 Å². The van der Waals surface area contributed by atoms with Gasteiger partial charge in [-0.2, -0.15) is 0 Å². The number of aliphatic carboxylic acids is 1. The van der Waals surface area contributed by atoms with Gasteiger partial charge in [0.05, 0.1) is 6.04 Å². The third-order valence-electron chi connectivity index (χ3n) is 4.63. The van der Waals surface area contributed by atoms with Crippen LogP contribution < -0.4 is 33.2 Å². The number of nitrogens with two attached hydrogens (primary N) is 3. The van der Waals surface area contributed by atoms with Gasteiger partial charge in [0.1, 0.15) is 18.1 Å². The SMILES string of the molecule is CC(C)CC(NC(=O)C(C)N)C(=O)NC(CCC(N)=O)C(=O)NC(CCCCN)C(=O)O. The molecule has 0 saturated carbocycles. The highest BCUT2D eigenvalue weighted by molar-refractivity contribution is 5.94. The summed E-state index contributed by atoms with van der Waals surface area (Å²) in [4.78, 5) is 60.3. The first kappa shape index (κ1) is 29.3. The van der Waals surface area contributed by atoms with Crippen molar-refractivity contribution in [2.75, 3.05) is 6.54 Å². The van der Waals surface area contributed by atoms with Crippen molar-refractivity contribution >= 4 is 29.6 Å². The van der Waals surface area contributed by atoms with Gasteiger partial charge in [-0.25, -0.2) is 4.79 Å². The van der Waals surface area contributed by atoms with Gasteiger partial charge in [0, 0.05) is 6.42 Å². The first-order valence-electron chi connectivity index (χ1n) is 10.8. The topological polar surface area (TPSA) is 220 Å². The molecule has 0 aliphatic heterocycles. The smallest absolute Gasteiger partial charge is 0.326 e. The van der Waals surface area contributed by atoms with Crippen LogP contribution >= 0.6 is 0 Å². The molecule has 10 N–H and O–H groups in total. The fourth-order valence-electron chi connectivity index (χ4n) is 2.86. The second-order valence-corrected chi connectivity index (χ2v) is 8.23. The van der Waals surface area contributed by atoms with E-state index in [0.717, 1.165) is 0 Å². The highest BCUT2D eigenvalue weighted by Gasteiger charge is 2.30. The summed E-state index contributed by atoms with van der Waals surface area (Å²) >= 11 is 0. The maximum Gasteiger partial charge on any atom is 0.326 e. The summed E-state index contributed by atoms with van der Waals surface area (Å²) in [5.41, 5.74) is 16.1. The maximum atomic E-state index is 12.8. The van der Waals surface area contributed by atoms with Gasteiger partial charge in [-0.1, -0.05) is 13.8 Å². The minimum absolute atomic E-state index is 0.0379. The number of carbonyl (C=O) groups excluding carboxylic acids is 4. The third kappa shape index (κ3) is 12.2. The van der Waals surface area contributed by atoms with Crippen molar-refractivity contribution in [3.8, 4) is 0 Å². The molecule has 0 aliphatic carbocycles. The summed E-state index contributed by atoms with van der Waals surface area (Å²) in [7, 11) is 0. The number of carbonyl (C=O) groups is 5. The summed E-state index contributed by atoms with van der Waals surface area (Å²) < 4.78 is 0. The molecule has 4 atom stereocenters. The van der Waals surface area contributed by atoms with Gasteiger partial charge in [-0.15, -0.1) is 0 Å². The van der Waals surface area contributed by atoms with Crippen molar-refractivity contribution in [2.45, 2.75) is 83.5 Å². The fourth-order valence-corrected chi connectivity index (χ4v) is 2.86. The molecule has 32 heavy (non-hydrogen) atoms. The van der Waals surface area contributed by atoms with E-state index in [9.17, 15) is 29.1 Å². The molecule has 0 heterocycles. The lowest BCUT2D eigenvalue weighted by molar-refractivity contribution is -0.142. The quantitative estimate of drug-likeness (QED) is 0.132. The molecule has 12 heteroatoms. The van der Waals surface area contributed by atoms with E-state index in [1.165, 1.54) is 6.92 Å². The van der Waals surface area contributed by atoms with E-state index in [1.54, 1.807) is 0 Å². The Kier molecular flexibility index (Phi) is 13.8. The predicted octanol–water partition coefficient (Wildman–Crippen LogP) is -1.69. The number of hydrogen-bond donors (Lipinski definition) is 7. The Labute approximate surface area is 188 Å². The molecule has 0 spiro atoms. The fraction of sp³-hybridized carbons (Fsp3) is 0.750. The normalized spacial score (nSPS) is 14.7. The van der Waals surface area contributed by atoms with Crippen molar-refractivity contribution in [3.05, 3.63) is 0 Å². The molecule has 0 rings (SSSR count). The van der Waals surface area contributed by atoms with E-state index in [1.807, 2.05) is 13.8 Å². The molecule has 0 fully saturated rings. The number of amides is 4. The molecule has 0 radical (unpaired) electrons. The summed E-state index contributed by atoms with van der Waals surface area (Å²) in [5, 5.41) is 16.8. The van der Waals surface area contributed by atoms with Crippen molar-refractivity contribution in [1.29, 1.82) is 0 Å². The first-order chi connectivity index (χ1) is 14.9. The van der Waals surface area contributed by atoms with Gasteiger partial charge in [-0.3, -0.25) is 19.2 Å². The minimum Gasteiger partial charge on any atom is -0.480 e. The van der Waals surface area contributed by atoms with Crippen LogP contribution in [0.3, 0.4) is 0 Å². The average molecular weight is 459 g/mol. The van der Waals surface area contributed by atoms with Crippen molar-refractivity contribution in [3.63, 3.8) is 0 Å². The second-order valence-electron chi connectivity index (χ2n) is 8.23. The highest BCUT2D eigenvalue weighted by Crippen LogP contribution is 2.08. The number of rotatable bonds is 16. The van der Waals surface area contributed by atoms with Crippen molar-refractivity contribution in [1.82, 2.24) is 16.0 Å². The molecule has 4 unspecified atom stereocenters. The van der Waals surface area contributed by atoms with Gasteiger partial charge in [-0.05, 0) is 51.5 Å². The Morgan fingerprint density at radius 2 is 1.34 bits per heavy atom. The largest absolute Gasteiger partial charge is 0.480 e. The lowest BCUT2D eigenvalue weighted by Crippen LogP contribution is -2.57. The molecule has 184 valence electrons. The third-order valence-corrected chi connectivity index (χ3v) is 4.63. The van der Waals surface area contributed by atoms with Crippen LogP contribution in [0.5, 0.6) is 0 Å². The molecule has 0 aliphatic rings. The Balaban J connectivity index is 5.44. The molecule has 0 aromatic heterocycles. The zero-order valence-electron chi connectivity index (χ0n) is 19.1. The highest BCUT2D eigenvalue weighted by atomic mass is 16.4. The Hall–Kier alpha value is -2.73. The zero-order chi connectivity index (χ0) is 24.8. The number of hydrogen-bond acceptors (Lipinski definition) is 7. The van der Waals surface area contributed by atoms with Gasteiger partial charge in [0.15, 0.2) is 0 Å². The van der Waals surface area contributed by atoms with Crippen LogP contribution in [0.25, 0.3) is 0 Å². The van der Waals surface area contributed by atoms with Gasteiger partial charge in [0.2, 0.25) is 23.6 Å². The van der Waals surface area contributed by atoms with Gasteiger partial charge >= 0.3 is 5.97 Å². The number of unbranched alkanes of at least 4 members (excludes halogenated alkanes) is 1. The maximum absolute atomic E-state index is 12.8. The van der Waals surface area contributed by atoms with E-state index in [0.29, 0.717) is 19.4 Å². The van der Waals surface area contributed by atoms with Crippen LogP contribution in [0.1, 0.15) is 59.3 Å². The predicted molar refractivity (Wildman–Crippen MR) is 118 cm³/mol. The lowest BCUT2D eigenvalue weighted by atomic mass is 10.0. The summed E-state index contributed by atoms with van der Waals surface area (Å²) in [6.45, 7) is 5.57. The minimum atomic E-state index is -1.22. The first-order valence-corrected chi connectivity index (χ1v) is 10.8. The Morgan fingerprint density at radius 3 is 1.81 bits per heavy atom. The molecule has 0 aromatic rings. The average Bonchev–Trinajstić information content (AvgIpc) is 2.68. The van der Waals surface area contributed by atoms with E-state index in [4.69, 9.17) is 17.2 Å². The van der Waals surface area contributed by atoms with Crippen LogP contribution in [0, 0.1) is 5.92 Å². The van der Waals surface area contributed by atoms with Crippen molar-refractivity contribution < 1.29 is 29.1 Å². The molecule has 12 nitrogen and oxygen atoms in total. The number of carboxylic acid groups (broad SMARTS) is 1. The molecular weight excluding hydrogens is 420 g/mol. The number of nitrogens with one attached hydrogen (secondary N) is 3. The van der Waals surface area contributed by atoms with E-state index in [2.05, 4.69) is 16.0 Å². The van der Waals surface area contributed by atoms with Gasteiger partial charge < -0.3 is 38.3 Å². The summed E-state index contributed by atoms with van der Waals surface area (Å²) in [6, 6.07) is -4.19. The Bertz CT molecular complexity index is 654. The molecule has 0 aromatic carbocycles. The molecule has 4 amide bonds. The van der Waals surface area contributed by atoms with Crippen LogP contribution in [-0.2, 0) is 24.0 Å². The van der Waals surface area contributed by atoms with Crippen molar-refractivity contribution in [2.24, 2.45) is 23.1 Å². The number of primary amides is 1. The molecule has 0 bridgehead atoms. The van der Waals surface area contributed by atoms with Crippen LogP contribution in [0.4, 0.5) is 0 Å². The standard InChI is InChI=1S/C20H38N6O6/c1-11(2)10-15(26-17(28)12(3)22)19(30)24-13(7-8-16(23)27)18(29)25-14(20(31)32)6-4-5-9-21/h11-15H,4-10,21-22H2,1-3H3,(H2,23,27)(H,24,30)(H,25,29)(H,26,28)(H,31,32). The van der Waals surface area contributed by atoms with Gasteiger partial charge in [0.25, 0.3) is 0 Å². The van der Waals surface area contributed by atoms with Crippen LogP contribution in [0.2, 0.25) is 0 Å². The van der Waals surface area contributed by atoms with Crippen LogP contribution in [-0.4, -0.2) is 65.4 Å². The van der Waals surface area contributed by atoms with E-state index >= 15 is 0 Å². The van der Waals surface area contributed by atoms with E-state index in [-0.39, 0.29) is 31.6 Å². The zero-order valence-corrected chi connectivity index (χ0v) is 19.1. The Morgan fingerprint density at radius 1 is 0.812 bits per heavy atom. The van der Waals surface area contributed by atoms with Crippen LogP contribution in [0.15, 0.2) is 0 Å². The number of carboxylic acids is 1. The second kappa shape index (κ2) is 15.1. The lowest BCUT2D eigenvalue weighted by Gasteiger charge is -2.25. The summed E-state index contributed by atoms with van der Waals surface area (Å²) in [6.07, 6.45) is 1.20. The molecular formula is C20H38N6O6. The monoisotopic (exact) mass is 458 g/mol. The molecule has 0 saturated heterocycles.